The molecule has 0 saturated carbocycles. The van der Waals surface area contributed by atoms with E-state index in [0.29, 0.717) is 0 Å². The molecule has 0 N–H and O–H groups in total. The van der Waals surface area contributed by atoms with Crippen molar-refractivity contribution in [2.45, 2.75) is 84.2 Å². The van der Waals surface area contributed by atoms with E-state index in [9.17, 15) is 4.79 Å². The van der Waals surface area contributed by atoms with Gasteiger partial charge in [-0.15, -0.1) is 0 Å². The molecule has 1 aliphatic rings. The second-order valence-electron chi connectivity index (χ2n) is 5.28. The Morgan fingerprint density at radius 3 is 2.39 bits per heavy atom. The number of carbonyl (C=O) groups is 1. The summed E-state index contributed by atoms with van der Waals surface area (Å²) in [5, 5.41) is 0. The van der Waals surface area contributed by atoms with Gasteiger partial charge in [-0.3, -0.25) is 0 Å². The molecule has 18 heavy (non-hydrogen) atoms. The van der Waals surface area contributed by atoms with Crippen LogP contribution in [0.2, 0.25) is 0 Å². The number of rotatable bonds is 9. The minimum atomic E-state index is -0.0789. The number of hydrogen-bond acceptors (Lipinski definition) is 2. The van der Waals surface area contributed by atoms with Crippen molar-refractivity contribution in [3.05, 3.63) is 11.6 Å². The van der Waals surface area contributed by atoms with E-state index in [4.69, 9.17) is 4.74 Å². The average Bonchev–Trinajstić information content (AvgIpc) is 2.73. The molecule has 1 heterocycles. The van der Waals surface area contributed by atoms with E-state index in [1.54, 1.807) is 0 Å². The maximum Gasteiger partial charge on any atom is 0.334 e. The highest BCUT2D eigenvalue weighted by Gasteiger charge is 2.26. The van der Waals surface area contributed by atoms with E-state index < -0.39 is 0 Å². The number of esters is 1. The third-order valence-electron chi connectivity index (χ3n) is 3.64. The fourth-order valence-corrected chi connectivity index (χ4v) is 2.37. The molecule has 2 nitrogen and oxygen atoms in total. The molecule has 2 heteroatoms. The fraction of sp³-hybridized carbons (Fsp3) is 0.812. The first-order chi connectivity index (χ1) is 8.77. The average molecular weight is 252 g/mol. The van der Waals surface area contributed by atoms with E-state index in [-0.39, 0.29) is 12.1 Å². The van der Waals surface area contributed by atoms with Crippen LogP contribution in [0, 0.1) is 0 Å². The van der Waals surface area contributed by atoms with Gasteiger partial charge in [0.25, 0.3) is 0 Å². The summed E-state index contributed by atoms with van der Waals surface area (Å²) in [6, 6.07) is 0. The Kier molecular flexibility index (Phi) is 7.79. The van der Waals surface area contributed by atoms with Crippen LogP contribution in [-0.2, 0) is 9.53 Å². The lowest BCUT2D eigenvalue weighted by molar-refractivity contribution is -0.138. The van der Waals surface area contributed by atoms with Gasteiger partial charge in [-0.05, 0) is 19.3 Å². The maximum absolute atomic E-state index is 11.5. The molecular weight excluding hydrogens is 224 g/mol. The van der Waals surface area contributed by atoms with Crippen LogP contribution < -0.4 is 0 Å². The molecule has 0 aliphatic carbocycles. The zero-order valence-electron chi connectivity index (χ0n) is 12.0. The number of cyclic esters (lactones) is 1. The van der Waals surface area contributed by atoms with Crippen molar-refractivity contribution in [3.63, 3.8) is 0 Å². The van der Waals surface area contributed by atoms with Crippen molar-refractivity contribution < 1.29 is 9.53 Å². The van der Waals surface area contributed by atoms with E-state index in [2.05, 4.69) is 19.9 Å². The van der Waals surface area contributed by atoms with Gasteiger partial charge in [-0.2, -0.15) is 0 Å². The molecule has 1 atom stereocenters. The van der Waals surface area contributed by atoms with Crippen LogP contribution in [0.25, 0.3) is 0 Å². The van der Waals surface area contributed by atoms with Gasteiger partial charge in [0.15, 0.2) is 0 Å². The molecule has 0 aromatic carbocycles. The van der Waals surface area contributed by atoms with Crippen molar-refractivity contribution in [1.29, 1.82) is 0 Å². The van der Waals surface area contributed by atoms with Crippen LogP contribution in [0.3, 0.4) is 0 Å². The predicted molar refractivity (Wildman–Crippen MR) is 75.5 cm³/mol. The Hall–Kier alpha value is -0.790. The molecule has 1 rings (SSSR count). The van der Waals surface area contributed by atoms with Crippen molar-refractivity contribution in [3.8, 4) is 0 Å². The van der Waals surface area contributed by atoms with E-state index in [0.717, 1.165) is 24.8 Å². The SMILES string of the molecule is CCCCCCCCC/C=C1\CC(CC)OC1=O. The third kappa shape index (κ3) is 5.70. The Balaban J connectivity index is 2.04. The van der Waals surface area contributed by atoms with Crippen LogP contribution in [0.4, 0.5) is 0 Å². The fourth-order valence-electron chi connectivity index (χ4n) is 2.37. The van der Waals surface area contributed by atoms with Gasteiger partial charge in [0.1, 0.15) is 6.10 Å². The Morgan fingerprint density at radius 2 is 1.78 bits per heavy atom. The molecular formula is C16H28O2. The second-order valence-corrected chi connectivity index (χ2v) is 5.28. The lowest BCUT2D eigenvalue weighted by Crippen LogP contribution is -2.03. The van der Waals surface area contributed by atoms with Crippen molar-refractivity contribution >= 4 is 5.97 Å². The Morgan fingerprint density at radius 1 is 1.11 bits per heavy atom. The van der Waals surface area contributed by atoms with Gasteiger partial charge in [0.05, 0.1) is 0 Å². The van der Waals surface area contributed by atoms with E-state index in [1.807, 2.05) is 0 Å². The summed E-state index contributed by atoms with van der Waals surface area (Å²) < 4.78 is 5.24. The first-order valence-electron chi connectivity index (χ1n) is 7.68. The molecule has 0 aromatic heterocycles. The third-order valence-corrected chi connectivity index (χ3v) is 3.64. The zero-order chi connectivity index (χ0) is 13.2. The first kappa shape index (κ1) is 15.3. The molecule has 1 unspecified atom stereocenters. The summed E-state index contributed by atoms with van der Waals surface area (Å²) in [6.07, 6.45) is 14.3. The monoisotopic (exact) mass is 252 g/mol. The molecule has 0 spiro atoms. The Labute approximate surface area is 112 Å². The first-order valence-corrected chi connectivity index (χ1v) is 7.68. The van der Waals surface area contributed by atoms with Crippen LogP contribution in [0.5, 0.6) is 0 Å². The summed E-state index contributed by atoms with van der Waals surface area (Å²) in [7, 11) is 0. The smallest absolute Gasteiger partial charge is 0.334 e. The van der Waals surface area contributed by atoms with Crippen LogP contribution in [-0.4, -0.2) is 12.1 Å². The standard InChI is InChI=1S/C16H28O2/c1-3-5-6-7-8-9-10-11-12-14-13-15(4-2)18-16(14)17/h12,15H,3-11,13H2,1-2H3/b14-12+. The van der Waals surface area contributed by atoms with Crippen molar-refractivity contribution in [2.24, 2.45) is 0 Å². The zero-order valence-corrected chi connectivity index (χ0v) is 12.0. The number of unbranched alkanes of at least 4 members (excludes halogenated alkanes) is 7. The topological polar surface area (TPSA) is 26.3 Å². The number of allylic oxidation sites excluding steroid dienone is 1. The lowest BCUT2D eigenvalue weighted by Gasteiger charge is -2.01. The summed E-state index contributed by atoms with van der Waals surface area (Å²) in [6.45, 7) is 4.31. The quantitative estimate of drug-likeness (QED) is 0.335. The minimum absolute atomic E-state index is 0.0789. The maximum atomic E-state index is 11.5. The van der Waals surface area contributed by atoms with Crippen LogP contribution in [0.1, 0.15) is 78.1 Å². The molecule has 1 fully saturated rings. The normalized spacial score (nSPS) is 21.6. The summed E-state index contributed by atoms with van der Waals surface area (Å²) in [4.78, 5) is 11.5. The second kappa shape index (κ2) is 9.18. The van der Waals surface area contributed by atoms with Gasteiger partial charge in [0, 0.05) is 12.0 Å². The van der Waals surface area contributed by atoms with E-state index in [1.165, 1.54) is 44.9 Å². The molecule has 0 radical (unpaired) electrons. The number of carbonyl (C=O) groups excluding carboxylic acids is 1. The molecule has 1 saturated heterocycles. The summed E-state index contributed by atoms with van der Waals surface area (Å²) in [5.41, 5.74) is 0.910. The van der Waals surface area contributed by atoms with Gasteiger partial charge in [-0.1, -0.05) is 58.4 Å². The molecule has 0 aromatic rings. The van der Waals surface area contributed by atoms with Crippen molar-refractivity contribution in [1.82, 2.24) is 0 Å². The minimum Gasteiger partial charge on any atom is -0.459 e. The highest BCUT2D eigenvalue weighted by Crippen LogP contribution is 2.23. The van der Waals surface area contributed by atoms with E-state index >= 15 is 0 Å². The molecule has 104 valence electrons. The number of hydrogen-bond donors (Lipinski definition) is 0. The van der Waals surface area contributed by atoms with Gasteiger partial charge >= 0.3 is 5.97 Å². The van der Waals surface area contributed by atoms with Crippen molar-refractivity contribution in [2.75, 3.05) is 0 Å². The van der Waals surface area contributed by atoms with Gasteiger partial charge in [-0.25, -0.2) is 4.79 Å². The van der Waals surface area contributed by atoms with Gasteiger partial charge in [0.2, 0.25) is 0 Å². The summed E-state index contributed by atoms with van der Waals surface area (Å²) >= 11 is 0. The number of ether oxygens (including phenoxy) is 1. The van der Waals surface area contributed by atoms with Crippen LogP contribution >= 0.6 is 0 Å². The summed E-state index contributed by atoms with van der Waals surface area (Å²) in [5.74, 6) is -0.0789. The van der Waals surface area contributed by atoms with Crippen LogP contribution in [0.15, 0.2) is 11.6 Å². The highest BCUT2D eigenvalue weighted by atomic mass is 16.5. The molecule has 0 bridgehead atoms. The largest absolute Gasteiger partial charge is 0.459 e. The highest BCUT2D eigenvalue weighted by molar-refractivity contribution is 5.90. The lowest BCUT2D eigenvalue weighted by atomic mass is 10.1. The molecule has 0 amide bonds. The molecule has 1 aliphatic heterocycles. The predicted octanol–water partition coefficient (Wildman–Crippen LogP) is 4.78. The Bertz CT molecular complexity index is 268. The van der Waals surface area contributed by atoms with Gasteiger partial charge < -0.3 is 4.74 Å².